The Bertz CT molecular complexity index is 3250. The third-order valence-corrected chi connectivity index (χ3v) is 12.6. The van der Waals surface area contributed by atoms with Crippen molar-refractivity contribution >= 4 is 38.4 Å². The zero-order valence-electron chi connectivity index (χ0n) is 32.0. The van der Waals surface area contributed by atoms with E-state index in [2.05, 4.69) is 206 Å². The van der Waals surface area contributed by atoms with Crippen LogP contribution in [0.1, 0.15) is 17.5 Å². The first kappa shape index (κ1) is 32.9. The van der Waals surface area contributed by atoms with Crippen molar-refractivity contribution in [1.29, 1.82) is 0 Å². The van der Waals surface area contributed by atoms with Gasteiger partial charge in [0, 0.05) is 0 Å². The van der Waals surface area contributed by atoms with E-state index in [1.54, 1.807) is 0 Å². The molecule has 0 saturated heterocycles. The summed E-state index contributed by atoms with van der Waals surface area (Å²) in [7, 11) is 0. The molecule has 0 amide bonds. The lowest BCUT2D eigenvalue weighted by Crippen LogP contribution is -1.97. The van der Waals surface area contributed by atoms with E-state index in [-0.39, 0.29) is 0 Å². The molecule has 2 aliphatic carbocycles. The number of fused-ring (bicyclic) bond motifs is 6. The Kier molecular flexibility index (Phi) is 7.46. The molecule has 270 valence electrons. The third-order valence-electron chi connectivity index (χ3n) is 12.6. The van der Waals surface area contributed by atoms with Gasteiger partial charge in [0.05, 0.1) is 0 Å². The maximum atomic E-state index is 2.44. The molecule has 0 N–H and O–H groups in total. The Morgan fingerprint density at radius 1 is 0.310 bits per heavy atom. The molecule has 58 heavy (non-hydrogen) atoms. The van der Waals surface area contributed by atoms with Crippen molar-refractivity contribution in [3.05, 3.63) is 211 Å². The van der Waals surface area contributed by atoms with Gasteiger partial charge >= 0.3 is 0 Å². The van der Waals surface area contributed by atoms with Gasteiger partial charge in [-0.05, 0) is 165 Å². The van der Waals surface area contributed by atoms with Gasteiger partial charge in [-0.1, -0.05) is 176 Å². The van der Waals surface area contributed by atoms with Crippen molar-refractivity contribution in [3.8, 4) is 77.9 Å². The van der Waals surface area contributed by atoms with Crippen LogP contribution in [0, 0.1) is 0 Å². The Morgan fingerprint density at radius 2 is 0.879 bits per heavy atom. The highest BCUT2D eigenvalue weighted by atomic mass is 14.3. The maximum Gasteiger partial charge on any atom is -0.000741 e. The van der Waals surface area contributed by atoms with Gasteiger partial charge in [0.2, 0.25) is 0 Å². The van der Waals surface area contributed by atoms with Crippen molar-refractivity contribution in [3.63, 3.8) is 0 Å². The van der Waals surface area contributed by atoms with Crippen LogP contribution < -0.4 is 0 Å². The van der Waals surface area contributed by atoms with Crippen molar-refractivity contribution in [2.75, 3.05) is 0 Å². The highest BCUT2D eigenvalue weighted by molar-refractivity contribution is 6.29. The summed E-state index contributed by atoms with van der Waals surface area (Å²) in [4.78, 5) is 0. The first-order chi connectivity index (χ1) is 28.8. The first-order valence-electron chi connectivity index (χ1n) is 20.5. The van der Waals surface area contributed by atoms with E-state index >= 15 is 0 Å². The predicted molar refractivity (Wildman–Crippen MR) is 248 cm³/mol. The van der Waals surface area contributed by atoms with Gasteiger partial charge in [0.1, 0.15) is 0 Å². The molecular formula is C58H38. The average Bonchev–Trinajstić information content (AvgIpc) is 3.63. The first-order valence-corrected chi connectivity index (χ1v) is 20.5. The lowest BCUT2D eigenvalue weighted by molar-refractivity contribution is 0.986. The number of hydrogen-bond acceptors (Lipinski definition) is 0. The van der Waals surface area contributed by atoms with Crippen LogP contribution in [-0.4, -0.2) is 0 Å². The zero-order valence-corrected chi connectivity index (χ0v) is 32.0. The smallest absolute Gasteiger partial charge is 0.000741 e. The minimum atomic E-state index is 1.09. The van der Waals surface area contributed by atoms with Crippen molar-refractivity contribution in [1.82, 2.24) is 0 Å². The van der Waals surface area contributed by atoms with Gasteiger partial charge in [-0.2, -0.15) is 0 Å². The van der Waals surface area contributed by atoms with E-state index in [0.717, 1.165) is 12.8 Å². The van der Waals surface area contributed by atoms with Crippen LogP contribution in [-0.2, 0) is 6.42 Å². The van der Waals surface area contributed by atoms with Crippen LogP contribution in [0.4, 0.5) is 0 Å². The second kappa shape index (κ2) is 13.2. The largest absolute Gasteiger partial charge is 0.0836 e. The zero-order chi connectivity index (χ0) is 38.2. The van der Waals surface area contributed by atoms with Crippen LogP contribution in [0.15, 0.2) is 200 Å². The molecule has 0 aromatic heterocycles. The lowest BCUT2D eigenvalue weighted by atomic mass is 9.81. The third kappa shape index (κ3) is 5.15. The topological polar surface area (TPSA) is 0 Å². The summed E-state index contributed by atoms with van der Waals surface area (Å²) in [6.07, 6.45) is 6.84. The number of rotatable bonds is 5. The van der Waals surface area contributed by atoms with Crippen molar-refractivity contribution in [2.24, 2.45) is 0 Å². The van der Waals surface area contributed by atoms with Gasteiger partial charge in [0.15, 0.2) is 0 Å². The van der Waals surface area contributed by atoms with Crippen molar-refractivity contribution < 1.29 is 0 Å². The van der Waals surface area contributed by atoms with E-state index < -0.39 is 0 Å². The molecule has 12 rings (SSSR count). The van der Waals surface area contributed by atoms with E-state index in [0.29, 0.717) is 0 Å². The Morgan fingerprint density at radius 3 is 1.60 bits per heavy atom. The van der Waals surface area contributed by atoms with Crippen LogP contribution in [0.5, 0.6) is 0 Å². The molecule has 0 unspecified atom stereocenters. The Hall–Kier alpha value is -7.28. The van der Waals surface area contributed by atoms with Gasteiger partial charge in [0.25, 0.3) is 0 Å². The van der Waals surface area contributed by atoms with Crippen molar-refractivity contribution in [2.45, 2.75) is 12.8 Å². The number of aryl methyl sites for hydroxylation is 1. The highest BCUT2D eigenvalue weighted by Gasteiger charge is 2.31. The summed E-state index contributed by atoms with van der Waals surface area (Å²) in [5, 5.41) is 7.70. The van der Waals surface area contributed by atoms with Crippen LogP contribution in [0.25, 0.3) is 116 Å². The van der Waals surface area contributed by atoms with E-state index in [9.17, 15) is 0 Å². The SMILES string of the molecule is C1=Cc2cc(-c3c4c(c(-c5ccc6ccccc6c5)c5ccccc35)-c3ccc(-c5cc(-c6ccccc6)cc(-c6ccccc6)c5)c5cccc-4c35)ccc2CC1. The second-order valence-corrected chi connectivity index (χ2v) is 15.9. The van der Waals surface area contributed by atoms with Crippen LogP contribution in [0.2, 0.25) is 0 Å². The summed E-state index contributed by atoms with van der Waals surface area (Å²) in [5.74, 6) is 0. The van der Waals surface area contributed by atoms with Gasteiger partial charge in [-0.15, -0.1) is 0 Å². The number of allylic oxidation sites excluding steroid dienone is 1. The molecule has 0 spiro atoms. The summed E-state index contributed by atoms with van der Waals surface area (Å²) in [6, 6.07) is 72.6. The Labute approximate surface area is 339 Å². The summed E-state index contributed by atoms with van der Waals surface area (Å²) < 4.78 is 0. The van der Waals surface area contributed by atoms with Gasteiger partial charge in [-0.3, -0.25) is 0 Å². The normalized spacial score (nSPS) is 12.6. The lowest BCUT2D eigenvalue weighted by Gasteiger charge is -2.21. The van der Waals surface area contributed by atoms with E-state index in [4.69, 9.17) is 0 Å². The molecule has 10 aromatic carbocycles. The molecule has 2 aliphatic rings. The van der Waals surface area contributed by atoms with Crippen LogP contribution in [0.3, 0.4) is 0 Å². The van der Waals surface area contributed by atoms with Crippen LogP contribution >= 0.6 is 0 Å². The Balaban J connectivity index is 1.17. The summed E-state index contributed by atoms with van der Waals surface area (Å²) in [5.41, 5.74) is 20.5. The average molecular weight is 735 g/mol. The molecule has 0 atom stereocenters. The molecule has 0 nitrogen and oxygen atoms in total. The predicted octanol–water partition coefficient (Wildman–Crippen LogP) is 16.1. The fraction of sp³-hybridized carbons (Fsp3) is 0.0345. The second-order valence-electron chi connectivity index (χ2n) is 15.9. The van der Waals surface area contributed by atoms with Gasteiger partial charge in [-0.25, -0.2) is 0 Å². The van der Waals surface area contributed by atoms with Gasteiger partial charge < -0.3 is 0 Å². The number of benzene rings is 10. The minimum absolute atomic E-state index is 1.09. The molecule has 0 bridgehead atoms. The van der Waals surface area contributed by atoms with E-state index in [1.807, 2.05) is 0 Å². The molecule has 0 heteroatoms. The monoisotopic (exact) mass is 734 g/mol. The molecule has 10 aromatic rings. The fourth-order valence-corrected chi connectivity index (χ4v) is 9.96. The molecule has 0 heterocycles. The molecule has 0 radical (unpaired) electrons. The summed E-state index contributed by atoms with van der Waals surface area (Å²) in [6.45, 7) is 0. The molecule has 0 saturated carbocycles. The number of hydrogen-bond donors (Lipinski definition) is 0. The maximum absolute atomic E-state index is 2.44. The fourth-order valence-electron chi connectivity index (χ4n) is 9.96. The summed E-state index contributed by atoms with van der Waals surface area (Å²) >= 11 is 0. The molecular weight excluding hydrogens is 697 g/mol. The molecule has 0 aliphatic heterocycles. The van der Waals surface area contributed by atoms with E-state index in [1.165, 1.54) is 121 Å². The standard InChI is InChI=1S/C58H38/c1-3-14-37(15-4-1)45-34-46(38-16-5-2-6-17-38)36-47(35-45)48-30-31-53-56-49(48)24-13-25-52(56)57-54(43-28-26-39-18-7-9-20-41(39)32-43)50-22-11-12-23-51(50)55(58(53)57)44-29-27-40-19-8-10-21-42(40)33-44/h1-6,8-17,19-36H,7,18H2. The highest BCUT2D eigenvalue weighted by Crippen LogP contribution is 2.59. The molecule has 0 fully saturated rings. The minimum Gasteiger partial charge on any atom is -0.0836 e. The quantitative estimate of drug-likeness (QED) is 0.165.